The standard InChI is InChI=1S/C17H19ClFNO/c1-3-10-20-11-13-7-5-8-14(18)17(13)21-15-9-4-6-12(2)16(15)19/h4-9,20H,3,10-11H2,1-2H3. The maximum Gasteiger partial charge on any atom is 0.168 e. The van der Waals surface area contributed by atoms with E-state index in [9.17, 15) is 4.39 Å². The minimum absolute atomic E-state index is 0.194. The topological polar surface area (TPSA) is 21.3 Å². The molecule has 0 aliphatic heterocycles. The molecule has 2 aromatic carbocycles. The number of hydrogen-bond acceptors (Lipinski definition) is 2. The van der Waals surface area contributed by atoms with E-state index < -0.39 is 0 Å². The van der Waals surface area contributed by atoms with E-state index in [-0.39, 0.29) is 11.6 Å². The van der Waals surface area contributed by atoms with Crippen LogP contribution in [0.3, 0.4) is 0 Å². The second kappa shape index (κ2) is 7.43. The fourth-order valence-corrected chi connectivity index (χ4v) is 2.25. The number of aryl methyl sites for hydroxylation is 1. The first-order valence-corrected chi connectivity index (χ1v) is 7.42. The van der Waals surface area contributed by atoms with Crippen LogP contribution in [0.25, 0.3) is 0 Å². The highest BCUT2D eigenvalue weighted by Gasteiger charge is 2.13. The zero-order chi connectivity index (χ0) is 15.2. The number of hydrogen-bond donors (Lipinski definition) is 1. The van der Waals surface area contributed by atoms with Gasteiger partial charge in [-0.15, -0.1) is 0 Å². The molecule has 0 heterocycles. The molecule has 4 heteroatoms. The normalized spacial score (nSPS) is 10.7. The van der Waals surface area contributed by atoms with Crippen molar-refractivity contribution >= 4 is 11.6 Å². The van der Waals surface area contributed by atoms with Gasteiger partial charge in [-0.3, -0.25) is 0 Å². The van der Waals surface area contributed by atoms with E-state index in [1.165, 1.54) is 0 Å². The molecular weight excluding hydrogens is 289 g/mol. The number of halogens is 2. The van der Waals surface area contributed by atoms with Crippen LogP contribution in [-0.4, -0.2) is 6.54 Å². The van der Waals surface area contributed by atoms with Crippen LogP contribution in [0.5, 0.6) is 11.5 Å². The lowest BCUT2D eigenvalue weighted by molar-refractivity contribution is 0.434. The van der Waals surface area contributed by atoms with Crippen molar-refractivity contribution in [3.8, 4) is 11.5 Å². The van der Waals surface area contributed by atoms with Crippen LogP contribution < -0.4 is 10.1 Å². The van der Waals surface area contributed by atoms with Gasteiger partial charge in [0.15, 0.2) is 17.3 Å². The summed E-state index contributed by atoms with van der Waals surface area (Å²) in [7, 11) is 0. The molecule has 1 N–H and O–H groups in total. The maximum absolute atomic E-state index is 14.1. The third kappa shape index (κ3) is 3.96. The van der Waals surface area contributed by atoms with Gasteiger partial charge < -0.3 is 10.1 Å². The molecule has 0 bridgehead atoms. The summed E-state index contributed by atoms with van der Waals surface area (Å²) in [4.78, 5) is 0. The smallest absolute Gasteiger partial charge is 0.168 e. The van der Waals surface area contributed by atoms with Gasteiger partial charge in [0, 0.05) is 12.1 Å². The van der Waals surface area contributed by atoms with Crippen molar-refractivity contribution in [3.05, 3.63) is 58.4 Å². The van der Waals surface area contributed by atoms with Crippen molar-refractivity contribution in [2.75, 3.05) is 6.54 Å². The first kappa shape index (κ1) is 15.8. The van der Waals surface area contributed by atoms with Crippen molar-refractivity contribution in [2.45, 2.75) is 26.8 Å². The molecule has 0 unspecified atom stereocenters. The fourth-order valence-electron chi connectivity index (χ4n) is 2.02. The first-order chi connectivity index (χ1) is 10.1. The fraction of sp³-hybridized carbons (Fsp3) is 0.294. The Balaban J connectivity index is 2.28. The zero-order valence-electron chi connectivity index (χ0n) is 12.2. The number of rotatable bonds is 6. The van der Waals surface area contributed by atoms with Crippen molar-refractivity contribution in [1.29, 1.82) is 0 Å². The van der Waals surface area contributed by atoms with E-state index in [0.717, 1.165) is 18.5 Å². The van der Waals surface area contributed by atoms with Gasteiger partial charge in [-0.05, 0) is 37.6 Å². The second-order valence-corrected chi connectivity index (χ2v) is 5.30. The van der Waals surface area contributed by atoms with Gasteiger partial charge in [0.05, 0.1) is 5.02 Å². The molecule has 0 aliphatic carbocycles. The Hall–Kier alpha value is -1.58. The van der Waals surface area contributed by atoms with Crippen LogP contribution >= 0.6 is 11.6 Å². The minimum Gasteiger partial charge on any atom is -0.452 e. The van der Waals surface area contributed by atoms with Crippen LogP contribution in [0.4, 0.5) is 4.39 Å². The molecule has 0 aliphatic rings. The summed E-state index contributed by atoms with van der Waals surface area (Å²) in [5.74, 6) is 0.344. The Morgan fingerprint density at radius 3 is 2.71 bits per heavy atom. The van der Waals surface area contributed by atoms with Crippen molar-refractivity contribution in [1.82, 2.24) is 5.32 Å². The van der Waals surface area contributed by atoms with Crippen LogP contribution in [-0.2, 0) is 6.54 Å². The molecule has 0 aromatic heterocycles. The van der Waals surface area contributed by atoms with Crippen LogP contribution in [0.1, 0.15) is 24.5 Å². The molecule has 2 aromatic rings. The highest BCUT2D eigenvalue weighted by molar-refractivity contribution is 6.32. The molecule has 0 saturated heterocycles. The summed E-state index contributed by atoms with van der Waals surface area (Å²) >= 11 is 6.21. The molecule has 0 spiro atoms. The molecule has 112 valence electrons. The Morgan fingerprint density at radius 1 is 1.19 bits per heavy atom. The van der Waals surface area contributed by atoms with E-state index >= 15 is 0 Å². The molecule has 0 amide bonds. The number of ether oxygens (including phenoxy) is 1. The maximum atomic E-state index is 14.1. The Kier molecular flexibility index (Phi) is 5.59. The predicted octanol–water partition coefficient (Wildman–Crippen LogP) is 5.08. The van der Waals surface area contributed by atoms with E-state index in [1.807, 2.05) is 12.1 Å². The lowest BCUT2D eigenvalue weighted by atomic mass is 10.2. The molecule has 2 nitrogen and oxygen atoms in total. The van der Waals surface area contributed by atoms with Crippen molar-refractivity contribution in [2.24, 2.45) is 0 Å². The van der Waals surface area contributed by atoms with Gasteiger partial charge in [-0.2, -0.15) is 0 Å². The predicted molar refractivity (Wildman–Crippen MR) is 84.7 cm³/mol. The average Bonchev–Trinajstić information content (AvgIpc) is 2.47. The summed E-state index contributed by atoms with van der Waals surface area (Å²) in [5, 5.41) is 3.78. The lowest BCUT2D eigenvalue weighted by Crippen LogP contribution is -2.14. The summed E-state index contributed by atoms with van der Waals surface area (Å²) in [5.41, 5.74) is 1.46. The first-order valence-electron chi connectivity index (χ1n) is 7.04. The van der Waals surface area contributed by atoms with Gasteiger partial charge in [-0.1, -0.05) is 42.8 Å². The molecular formula is C17H19ClFNO. The molecule has 2 rings (SSSR count). The molecule has 0 fully saturated rings. The number of benzene rings is 2. The second-order valence-electron chi connectivity index (χ2n) is 4.89. The zero-order valence-corrected chi connectivity index (χ0v) is 13.0. The van der Waals surface area contributed by atoms with Crippen LogP contribution in [0.15, 0.2) is 36.4 Å². The van der Waals surface area contributed by atoms with Gasteiger partial charge in [0.25, 0.3) is 0 Å². The molecule has 0 atom stereocenters. The van der Waals surface area contributed by atoms with Gasteiger partial charge >= 0.3 is 0 Å². The van der Waals surface area contributed by atoms with E-state index in [1.54, 1.807) is 31.2 Å². The van der Waals surface area contributed by atoms with E-state index in [4.69, 9.17) is 16.3 Å². The van der Waals surface area contributed by atoms with Gasteiger partial charge in [0.2, 0.25) is 0 Å². The summed E-state index contributed by atoms with van der Waals surface area (Å²) in [6.45, 7) is 5.35. The van der Waals surface area contributed by atoms with E-state index in [0.29, 0.717) is 22.9 Å². The van der Waals surface area contributed by atoms with Gasteiger partial charge in [0.1, 0.15) is 0 Å². The highest BCUT2D eigenvalue weighted by Crippen LogP contribution is 2.34. The third-order valence-electron chi connectivity index (χ3n) is 3.16. The van der Waals surface area contributed by atoms with E-state index in [2.05, 4.69) is 12.2 Å². The number of nitrogens with one attached hydrogen (secondary N) is 1. The summed E-state index contributed by atoms with van der Waals surface area (Å²) in [6.07, 6.45) is 1.04. The minimum atomic E-state index is -0.357. The van der Waals surface area contributed by atoms with Gasteiger partial charge in [-0.25, -0.2) is 4.39 Å². The molecule has 0 radical (unpaired) electrons. The molecule has 21 heavy (non-hydrogen) atoms. The van der Waals surface area contributed by atoms with Crippen LogP contribution in [0.2, 0.25) is 5.02 Å². The Labute approximate surface area is 129 Å². The monoisotopic (exact) mass is 307 g/mol. The SMILES string of the molecule is CCCNCc1cccc(Cl)c1Oc1cccc(C)c1F. The molecule has 0 saturated carbocycles. The van der Waals surface area contributed by atoms with Crippen molar-refractivity contribution in [3.63, 3.8) is 0 Å². The van der Waals surface area contributed by atoms with Crippen LogP contribution in [0, 0.1) is 12.7 Å². The number of para-hydroxylation sites is 1. The third-order valence-corrected chi connectivity index (χ3v) is 3.46. The average molecular weight is 308 g/mol. The van der Waals surface area contributed by atoms with Crippen molar-refractivity contribution < 1.29 is 9.13 Å². The Morgan fingerprint density at radius 2 is 1.95 bits per heavy atom. The lowest BCUT2D eigenvalue weighted by Gasteiger charge is -2.14. The largest absolute Gasteiger partial charge is 0.452 e. The summed E-state index contributed by atoms with van der Waals surface area (Å²) in [6, 6.07) is 10.6. The summed E-state index contributed by atoms with van der Waals surface area (Å²) < 4.78 is 19.8. The Bertz CT molecular complexity index is 616. The quantitative estimate of drug-likeness (QED) is 0.751. The highest BCUT2D eigenvalue weighted by atomic mass is 35.5.